The summed E-state index contributed by atoms with van der Waals surface area (Å²) >= 11 is 9.46. The molecule has 0 aromatic heterocycles. The third kappa shape index (κ3) is 4.86. The van der Waals surface area contributed by atoms with Crippen molar-refractivity contribution in [3.8, 4) is 5.75 Å². The van der Waals surface area contributed by atoms with Crippen LogP contribution in [0.5, 0.6) is 5.75 Å². The van der Waals surface area contributed by atoms with Crippen LogP contribution in [0, 0.1) is 0 Å². The average molecular weight is 321 g/mol. The topological polar surface area (TPSA) is 21.3 Å². The fourth-order valence-corrected chi connectivity index (χ4v) is 2.47. The molecule has 1 aromatic carbocycles. The van der Waals surface area contributed by atoms with Gasteiger partial charge in [-0.1, -0.05) is 34.5 Å². The van der Waals surface area contributed by atoms with Crippen LogP contribution in [0.15, 0.2) is 18.2 Å². The van der Waals surface area contributed by atoms with Gasteiger partial charge in [0.05, 0.1) is 7.11 Å². The molecule has 2 nitrogen and oxygen atoms in total. The molecular formula is C13H19BrClNO. The minimum atomic E-state index is 0.526. The number of hydrogen-bond acceptors (Lipinski definition) is 2. The summed E-state index contributed by atoms with van der Waals surface area (Å²) in [5, 5.41) is 5.29. The standard InChI is InChI=1S/C13H19BrClNO/c1-3-12(6-7-14)16-9-10-8-11(15)4-5-13(10)17-2/h4-5,8,12,16H,3,6-7,9H2,1-2H3. The van der Waals surface area contributed by atoms with Crippen molar-refractivity contribution in [3.05, 3.63) is 28.8 Å². The van der Waals surface area contributed by atoms with Gasteiger partial charge in [0.1, 0.15) is 5.75 Å². The van der Waals surface area contributed by atoms with Gasteiger partial charge in [0, 0.05) is 28.5 Å². The molecule has 1 atom stereocenters. The molecule has 0 radical (unpaired) electrons. The van der Waals surface area contributed by atoms with E-state index in [1.807, 2.05) is 18.2 Å². The van der Waals surface area contributed by atoms with Crippen molar-refractivity contribution in [3.63, 3.8) is 0 Å². The highest BCUT2D eigenvalue weighted by molar-refractivity contribution is 9.09. The fourth-order valence-electron chi connectivity index (χ4n) is 1.72. The van der Waals surface area contributed by atoms with Crippen molar-refractivity contribution in [1.82, 2.24) is 5.32 Å². The zero-order chi connectivity index (χ0) is 12.7. The maximum absolute atomic E-state index is 5.99. The molecule has 0 saturated heterocycles. The molecule has 0 amide bonds. The van der Waals surface area contributed by atoms with Crippen LogP contribution in [0.1, 0.15) is 25.3 Å². The summed E-state index contributed by atoms with van der Waals surface area (Å²) in [6, 6.07) is 6.23. The van der Waals surface area contributed by atoms with E-state index >= 15 is 0 Å². The zero-order valence-electron chi connectivity index (χ0n) is 10.3. The Morgan fingerprint density at radius 1 is 1.47 bits per heavy atom. The lowest BCUT2D eigenvalue weighted by Crippen LogP contribution is -2.28. The van der Waals surface area contributed by atoms with Gasteiger partial charge < -0.3 is 10.1 Å². The van der Waals surface area contributed by atoms with Gasteiger partial charge in [-0.3, -0.25) is 0 Å². The minimum absolute atomic E-state index is 0.526. The first kappa shape index (κ1) is 14.8. The Hall–Kier alpha value is -0.250. The summed E-state index contributed by atoms with van der Waals surface area (Å²) in [7, 11) is 1.68. The molecule has 0 aliphatic rings. The van der Waals surface area contributed by atoms with Crippen molar-refractivity contribution in [2.75, 3.05) is 12.4 Å². The van der Waals surface area contributed by atoms with Gasteiger partial charge in [0.15, 0.2) is 0 Å². The van der Waals surface area contributed by atoms with Crippen LogP contribution in [-0.4, -0.2) is 18.5 Å². The van der Waals surface area contributed by atoms with Gasteiger partial charge in [0.25, 0.3) is 0 Å². The molecule has 1 rings (SSSR count). The SMILES string of the molecule is CCC(CCBr)NCc1cc(Cl)ccc1OC. The Labute approximate surface area is 117 Å². The Balaban J connectivity index is 2.63. The van der Waals surface area contributed by atoms with E-state index < -0.39 is 0 Å². The largest absolute Gasteiger partial charge is 0.496 e. The number of nitrogens with one attached hydrogen (secondary N) is 1. The Kier molecular flexibility index (Phi) is 6.93. The second-order valence-corrected chi connectivity index (χ2v) is 5.15. The van der Waals surface area contributed by atoms with Gasteiger partial charge in [0.2, 0.25) is 0 Å². The van der Waals surface area contributed by atoms with Gasteiger partial charge >= 0.3 is 0 Å². The first-order valence-corrected chi connectivity index (χ1v) is 7.33. The Morgan fingerprint density at radius 2 is 2.24 bits per heavy atom. The third-order valence-electron chi connectivity index (χ3n) is 2.77. The highest BCUT2D eigenvalue weighted by atomic mass is 79.9. The number of methoxy groups -OCH3 is 1. The number of ether oxygens (including phenoxy) is 1. The normalized spacial score (nSPS) is 12.5. The second-order valence-electron chi connectivity index (χ2n) is 3.92. The third-order valence-corrected chi connectivity index (χ3v) is 3.47. The number of hydrogen-bond donors (Lipinski definition) is 1. The molecule has 0 fully saturated rings. The maximum atomic E-state index is 5.99. The minimum Gasteiger partial charge on any atom is -0.496 e. The molecule has 0 heterocycles. The molecule has 0 aliphatic heterocycles. The summed E-state index contributed by atoms with van der Waals surface area (Å²) in [6.45, 7) is 2.98. The van der Waals surface area contributed by atoms with Crippen LogP contribution in [-0.2, 0) is 6.54 Å². The highest BCUT2D eigenvalue weighted by Crippen LogP contribution is 2.22. The van der Waals surface area contributed by atoms with Gasteiger partial charge in [-0.2, -0.15) is 0 Å². The molecule has 96 valence electrons. The molecule has 4 heteroatoms. The summed E-state index contributed by atoms with van der Waals surface area (Å²) in [5.74, 6) is 0.885. The van der Waals surface area contributed by atoms with E-state index in [0.717, 1.165) is 41.1 Å². The van der Waals surface area contributed by atoms with Crippen molar-refractivity contribution in [2.24, 2.45) is 0 Å². The second kappa shape index (κ2) is 7.96. The molecular weight excluding hydrogens is 302 g/mol. The lowest BCUT2D eigenvalue weighted by atomic mass is 10.1. The van der Waals surface area contributed by atoms with Crippen LogP contribution in [0.25, 0.3) is 0 Å². The van der Waals surface area contributed by atoms with E-state index in [0.29, 0.717) is 6.04 Å². The first-order valence-electron chi connectivity index (χ1n) is 5.83. The molecule has 1 N–H and O–H groups in total. The highest BCUT2D eigenvalue weighted by Gasteiger charge is 2.08. The molecule has 0 spiro atoms. The van der Waals surface area contributed by atoms with Crippen LogP contribution >= 0.6 is 27.5 Å². The van der Waals surface area contributed by atoms with E-state index in [1.165, 1.54) is 0 Å². The first-order chi connectivity index (χ1) is 8.21. The molecule has 0 aliphatic carbocycles. The van der Waals surface area contributed by atoms with Gasteiger partial charge in [-0.15, -0.1) is 0 Å². The van der Waals surface area contributed by atoms with E-state index in [2.05, 4.69) is 28.2 Å². The summed E-state index contributed by atoms with van der Waals surface area (Å²) in [4.78, 5) is 0. The number of rotatable bonds is 7. The maximum Gasteiger partial charge on any atom is 0.123 e. The van der Waals surface area contributed by atoms with Crippen molar-refractivity contribution in [2.45, 2.75) is 32.4 Å². The predicted molar refractivity (Wildman–Crippen MR) is 77.3 cm³/mol. The van der Waals surface area contributed by atoms with E-state index in [1.54, 1.807) is 7.11 Å². The zero-order valence-corrected chi connectivity index (χ0v) is 12.6. The smallest absolute Gasteiger partial charge is 0.123 e. The molecule has 1 unspecified atom stereocenters. The van der Waals surface area contributed by atoms with Crippen molar-refractivity contribution >= 4 is 27.5 Å². The van der Waals surface area contributed by atoms with Crippen LogP contribution in [0.3, 0.4) is 0 Å². The summed E-state index contributed by atoms with van der Waals surface area (Å²) in [6.07, 6.45) is 2.24. The Morgan fingerprint density at radius 3 is 2.82 bits per heavy atom. The molecule has 17 heavy (non-hydrogen) atoms. The monoisotopic (exact) mass is 319 g/mol. The lowest BCUT2D eigenvalue weighted by Gasteiger charge is -2.17. The van der Waals surface area contributed by atoms with E-state index in [4.69, 9.17) is 16.3 Å². The van der Waals surface area contributed by atoms with E-state index in [-0.39, 0.29) is 0 Å². The average Bonchev–Trinajstić information content (AvgIpc) is 2.34. The molecule has 0 saturated carbocycles. The lowest BCUT2D eigenvalue weighted by molar-refractivity contribution is 0.403. The van der Waals surface area contributed by atoms with E-state index in [9.17, 15) is 0 Å². The Bertz CT molecular complexity index is 346. The van der Waals surface area contributed by atoms with Crippen molar-refractivity contribution < 1.29 is 4.74 Å². The predicted octanol–water partition coefficient (Wildman–Crippen LogP) is 4.00. The van der Waals surface area contributed by atoms with Crippen LogP contribution in [0.4, 0.5) is 0 Å². The van der Waals surface area contributed by atoms with Gasteiger partial charge in [-0.05, 0) is 31.0 Å². The van der Waals surface area contributed by atoms with Gasteiger partial charge in [-0.25, -0.2) is 0 Å². The van der Waals surface area contributed by atoms with Crippen LogP contribution in [0.2, 0.25) is 5.02 Å². The summed E-state index contributed by atoms with van der Waals surface area (Å²) in [5.41, 5.74) is 1.10. The molecule has 1 aromatic rings. The quantitative estimate of drug-likeness (QED) is 0.767. The number of benzene rings is 1. The summed E-state index contributed by atoms with van der Waals surface area (Å²) < 4.78 is 5.32. The molecule has 0 bridgehead atoms. The van der Waals surface area contributed by atoms with Crippen LogP contribution < -0.4 is 10.1 Å². The number of halogens is 2. The fraction of sp³-hybridized carbons (Fsp3) is 0.538. The number of alkyl halides is 1. The van der Waals surface area contributed by atoms with Crippen molar-refractivity contribution in [1.29, 1.82) is 0 Å².